The van der Waals surface area contributed by atoms with Crippen LogP contribution in [-0.4, -0.2) is 22.8 Å². The third-order valence-corrected chi connectivity index (χ3v) is 5.35. The van der Waals surface area contributed by atoms with Crippen molar-refractivity contribution in [2.45, 2.75) is 12.5 Å². The van der Waals surface area contributed by atoms with Gasteiger partial charge in [0.25, 0.3) is 5.91 Å². The van der Waals surface area contributed by atoms with E-state index in [-0.39, 0.29) is 5.91 Å². The highest BCUT2D eigenvalue weighted by Crippen LogP contribution is 2.26. The summed E-state index contributed by atoms with van der Waals surface area (Å²) in [5.74, 6) is -0.926. The van der Waals surface area contributed by atoms with Crippen LogP contribution in [-0.2, 0) is 11.2 Å². The van der Waals surface area contributed by atoms with Crippen molar-refractivity contribution in [3.63, 3.8) is 0 Å². The molecule has 1 atom stereocenters. The number of nitrogens with two attached hydrogens (primary N) is 1. The number of benzene rings is 3. The van der Waals surface area contributed by atoms with Gasteiger partial charge in [-0.3, -0.25) is 9.59 Å². The van der Waals surface area contributed by atoms with Crippen LogP contribution in [0.5, 0.6) is 0 Å². The lowest BCUT2D eigenvalue weighted by Crippen LogP contribution is -2.46. The smallest absolute Gasteiger partial charge is 0.253 e. The number of fused-ring (bicyclic) bond motifs is 2. The first-order chi connectivity index (χ1) is 14.0. The van der Waals surface area contributed by atoms with Crippen molar-refractivity contribution in [3.8, 4) is 0 Å². The summed E-state index contributed by atoms with van der Waals surface area (Å²) >= 11 is 3.39. The van der Waals surface area contributed by atoms with Crippen molar-refractivity contribution in [2.24, 2.45) is 5.73 Å². The van der Waals surface area contributed by atoms with Gasteiger partial charge in [0.1, 0.15) is 6.04 Å². The number of carbonyl (C=O) groups excluding carboxylic acids is 2. The zero-order chi connectivity index (χ0) is 20.4. The first kappa shape index (κ1) is 19.1. The predicted molar refractivity (Wildman–Crippen MR) is 118 cm³/mol. The maximum absolute atomic E-state index is 13.3. The van der Waals surface area contributed by atoms with Crippen LogP contribution in [0.15, 0.2) is 77.3 Å². The van der Waals surface area contributed by atoms with E-state index < -0.39 is 11.9 Å². The molecule has 29 heavy (non-hydrogen) atoms. The standard InChI is InChI=1S/C23H18BrN3O2/c24-15-11-9-14(10-12-15)13-20(22(25)28)27-23(29)21-16-5-1-3-7-18(16)26-19-8-4-2-6-17(19)21/h1-12,20H,13H2,(H2,25,28)(H,27,29)/t20-/m1/s1. The molecule has 0 aliphatic carbocycles. The number of carbonyl (C=O) groups is 2. The van der Waals surface area contributed by atoms with Gasteiger partial charge in [-0.1, -0.05) is 64.5 Å². The number of halogens is 1. The second-order valence-corrected chi connectivity index (χ2v) is 7.70. The first-order valence-corrected chi connectivity index (χ1v) is 9.94. The summed E-state index contributed by atoms with van der Waals surface area (Å²) in [6.45, 7) is 0. The molecule has 1 heterocycles. The van der Waals surface area contributed by atoms with E-state index in [1.807, 2.05) is 72.8 Å². The minimum atomic E-state index is -0.825. The van der Waals surface area contributed by atoms with Gasteiger partial charge in [0.15, 0.2) is 0 Å². The molecule has 3 N–H and O–H groups in total. The molecule has 0 saturated heterocycles. The van der Waals surface area contributed by atoms with E-state index in [4.69, 9.17) is 5.73 Å². The van der Waals surface area contributed by atoms with Crippen LogP contribution < -0.4 is 11.1 Å². The Labute approximate surface area is 176 Å². The SMILES string of the molecule is NC(=O)[C@@H](Cc1ccc(Br)cc1)NC(=O)c1c2ccccc2nc2ccccc12. The highest BCUT2D eigenvalue weighted by atomic mass is 79.9. The van der Waals surface area contributed by atoms with E-state index in [9.17, 15) is 9.59 Å². The van der Waals surface area contributed by atoms with Crippen LogP contribution in [0.3, 0.4) is 0 Å². The molecular weight excluding hydrogens is 430 g/mol. The maximum Gasteiger partial charge on any atom is 0.253 e. The Hall–Kier alpha value is -3.25. The molecule has 4 aromatic rings. The summed E-state index contributed by atoms with van der Waals surface area (Å²) in [6, 6.07) is 21.7. The number of para-hydroxylation sites is 2. The van der Waals surface area contributed by atoms with Gasteiger partial charge in [0, 0.05) is 21.7 Å². The fraction of sp³-hybridized carbons (Fsp3) is 0.0870. The minimum absolute atomic E-state index is 0.315. The van der Waals surface area contributed by atoms with Gasteiger partial charge in [-0.2, -0.15) is 0 Å². The van der Waals surface area contributed by atoms with E-state index in [0.717, 1.165) is 31.8 Å². The summed E-state index contributed by atoms with van der Waals surface area (Å²) in [6.07, 6.45) is 0.315. The van der Waals surface area contributed by atoms with Crippen LogP contribution in [0.1, 0.15) is 15.9 Å². The van der Waals surface area contributed by atoms with Gasteiger partial charge in [-0.25, -0.2) is 4.98 Å². The topological polar surface area (TPSA) is 85.1 Å². The van der Waals surface area contributed by atoms with Crippen molar-refractivity contribution in [1.29, 1.82) is 0 Å². The highest BCUT2D eigenvalue weighted by molar-refractivity contribution is 9.10. The van der Waals surface area contributed by atoms with E-state index >= 15 is 0 Å². The van der Waals surface area contributed by atoms with Crippen molar-refractivity contribution in [3.05, 3.63) is 88.4 Å². The molecular formula is C23H18BrN3O2. The van der Waals surface area contributed by atoms with Gasteiger partial charge >= 0.3 is 0 Å². The molecule has 5 nitrogen and oxygen atoms in total. The molecule has 6 heteroatoms. The predicted octanol–water partition coefficient (Wildman–Crippen LogP) is 3.98. The van der Waals surface area contributed by atoms with E-state index in [2.05, 4.69) is 26.2 Å². The lowest BCUT2D eigenvalue weighted by atomic mass is 10.0. The van der Waals surface area contributed by atoms with Gasteiger partial charge < -0.3 is 11.1 Å². The molecule has 0 unspecified atom stereocenters. The zero-order valence-electron chi connectivity index (χ0n) is 15.4. The number of hydrogen-bond acceptors (Lipinski definition) is 3. The van der Waals surface area contributed by atoms with Crippen LogP contribution in [0.25, 0.3) is 21.8 Å². The second-order valence-electron chi connectivity index (χ2n) is 6.78. The first-order valence-electron chi connectivity index (χ1n) is 9.15. The molecule has 0 aliphatic heterocycles. The van der Waals surface area contributed by atoms with E-state index in [0.29, 0.717) is 12.0 Å². The normalized spacial score (nSPS) is 12.0. The summed E-state index contributed by atoms with van der Waals surface area (Å²) in [4.78, 5) is 30.0. The number of amides is 2. The molecule has 3 aromatic carbocycles. The fourth-order valence-corrected chi connectivity index (χ4v) is 3.66. The summed E-state index contributed by atoms with van der Waals surface area (Å²) < 4.78 is 0.940. The Morgan fingerprint density at radius 3 is 2.00 bits per heavy atom. The molecule has 0 bridgehead atoms. The molecule has 0 radical (unpaired) electrons. The minimum Gasteiger partial charge on any atom is -0.368 e. The molecule has 0 fully saturated rings. The van der Waals surface area contributed by atoms with E-state index in [1.165, 1.54) is 0 Å². The fourth-order valence-electron chi connectivity index (χ4n) is 3.39. The monoisotopic (exact) mass is 447 g/mol. The van der Waals surface area contributed by atoms with Crippen LogP contribution in [0.4, 0.5) is 0 Å². The maximum atomic E-state index is 13.3. The number of rotatable bonds is 5. The molecule has 2 amide bonds. The quantitative estimate of drug-likeness (QED) is 0.453. The van der Waals surface area contributed by atoms with Crippen molar-refractivity contribution in [1.82, 2.24) is 10.3 Å². The Kier molecular flexibility index (Phi) is 5.27. The second kappa shape index (κ2) is 8.01. The van der Waals surface area contributed by atoms with Gasteiger partial charge in [-0.15, -0.1) is 0 Å². The number of hydrogen-bond donors (Lipinski definition) is 2. The molecule has 0 spiro atoms. The van der Waals surface area contributed by atoms with Crippen molar-refractivity contribution < 1.29 is 9.59 Å². The Bertz CT molecular complexity index is 1170. The summed E-state index contributed by atoms with van der Waals surface area (Å²) in [5.41, 5.74) is 8.43. The number of primary amides is 1. The van der Waals surface area contributed by atoms with Gasteiger partial charge in [0.05, 0.1) is 16.6 Å². The Morgan fingerprint density at radius 2 is 1.45 bits per heavy atom. The average molecular weight is 448 g/mol. The summed E-state index contributed by atoms with van der Waals surface area (Å²) in [5, 5.41) is 4.29. The molecule has 144 valence electrons. The van der Waals surface area contributed by atoms with Crippen LogP contribution >= 0.6 is 15.9 Å². The zero-order valence-corrected chi connectivity index (χ0v) is 17.0. The number of pyridine rings is 1. The average Bonchev–Trinajstić information content (AvgIpc) is 2.72. The van der Waals surface area contributed by atoms with Gasteiger partial charge in [-0.05, 0) is 29.8 Å². The molecule has 0 saturated carbocycles. The molecule has 4 rings (SSSR count). The van der Waals surface area contributed by atoms with Crippen LogP contribution in [0.2, 0.25) is 0 Å². The lowest BCUT2D eigenvalue weighted by Gasteiger charge is -2.17. The van der Waals surface area contributed by atoms with Gasteiger partial charge in [0.2, 0.25) is 5.91 Å². The van der Waals surface area contributed by atoms with Crippen molar-refractivity contribution >= 4 is 49.6 Å². The Morgan fingerprint density at radius 1 is 0.897 bits per heavy atom. The number of nitrogens with zero attached hydrogens (tertiary/aromatic N) is 1. The van der Waals surface area contributed by atoms with E-state index in [1.54, 1.807) is 0 Å². The van der Waals surface area contributed by atoms with Crippen LogP contribution in [0, 0.1) is 0 Å². The molecule has 1 aromatic heterocycles. The third kappa shape index (κ3) is 3.98. The summed E-state index contributed by atoms with van der Waals surface area (Å²) in [7, 11) is 0. The Balaban J connectivity index is 1.73. The highest BCUT2D eigenvalue weighted by Gasteiger charge is 2.22. The number of nitrogens with one attached hydrogen (secondary N) is 1. The third-order valence-electron chi connectivity index (χ3n) is 4.82. The number of aromatic nitrogens is 1. The largest absolute Gasteiger partial charge is 0.368 e. The lowest BCUT2D eigenvalue weighted by molar-refractivity contribution is -0.119. The molecule has 0 aliphatic rings. The van der Waals surface area contributed by atoms with Crippen molar-refractivity contribution in [2.75, 3.05) is 0 Å².